The second-order valence-corrected chi connectivity index (χ2v) is 6.74. The third-order valence-corrected chi connectivity index (χ3v) is 3.61. The number of ether oxygens (including phenoxy) is 1. The smallest absolute Gasteiger partial charge is 0.410 e. The molecular formula is C17H25FN2O2. The Balaban J connectivity index is 1.86. The molecule has 0 aliphatic carbocycles. The highest BCUT2D eigenvalue weighted by molar-refractivity contribution is 5.68. The largest absolute Gasteiger partial charge is 0.444 e. The van der Waals surface area contributed by atoms with Crippen molar-refractivity contribution in [2.24, 2.45) is 0 Å². The Morgan fingerprint density at radius 1 is 1.41 bits per heavy atom. The summed E-state index contributed by atoms with van der Waals surface area (Å²) < 4.78 is 19.0. The number of carbonyl (C=O) groups excluding carboxylic acids is 1. The van der Waals surface area contributed by atoms with E-state index in [9.17, 15) is 9.18 Å². The average Bonchev–Trinajstić information content (AvgIpc) is 2.45. The molecule has 1 amide bonds. The monoisotopic (exact) mass is 308 g/mol. The van der Waals surface area contributed by atoms with Crippen LogP contribution in [-0.4, -0.2) is 35.7 Å². The molecule has 0 spiro atoms. The Kier molecular flexibility index (Phi) is 5.40. The van der Waals surface area contributed by atoms with Crippen molar-refractivity contribution < 1.29 is 13.9 Å². The van der Waals surface area contributed by atoms with Gasteiger partial charge in [0, 0.05) is 31.2 Å². The lowest BCUT2D eigenvalue weighted by atomic mass is 10.1. The molecule has 0 aromatic heterocycles. The highest BCUT2D eigenvalue weighted by Gasteiger charge is 2.27. The van der Waals surface area contributed by atoms with Crippen LogP contribution < -0.4 is 5.32 Å². The van der Waals surface area contributed by atoms with Crippen molar-refractivity contribution in [2.75, 3.05) is 13.1 Å². The van der Waals surface area contributed by atoms with E-state index in [1.165, 1.54) is 6.07 Å². The lowest BCUT2D eigenvalue weighted by Crippen LogP contribution is -2.49. The molecule has 0 saturated carbocycles. The van der Waals surface area contributed by atoms with Gasteiger partial charge < -0.3 is 15.0 Å². The minimum Gasteiger partial charge on any atom is -0.444 e. The molecule has 0 radical (unpaired) electrons. The van der Waals surface area contributed by atoms with Gasteiger partial charge in [0.15, 0.2) is 0 Å². The van der Waals surface area contributed by atoms with Crippen LogP contribution >= 0.6 is 0 Å². The summed E-state index contributed by atoms with van der Waals surface area (Å²) in [5, 5.41) is 3.34. The molecule has 1 atom stereocenters. The van der Waals surface area contributed by atoms with Crippen molar-refractivity contribution in [1.82, 2.24) is 10.2 Å². The van der Waals surface area contributed by atoms with E-state index in [1.807, 2.05) is 26.8 Å². The topological polar surface area (TPSA) is 41.6 Å². The second kappa shape index (κ2) is 7.09. The lowest BCUT2D eigenvalue weighted by molar-refractivity contribution is 0.0187. The first-order valence-electron chi connectivity index (χ1n) is 7.80. The van der Waals surface area contributed by atoms with E-state index in [2.05, 4.69) is 5.32 Å². The van der Waals surface area contributed by atoms with Gasteiger partial charge in [0.2, 0.25) is 0 Å². The van der Waals surface area contributed by atoms with Gasteiger partial charge in [-0.25, -0.2) is 9.18 Å². The predicted molar refractivity (Wildman–Crippen MR) is 84.1 cm³/mol. The first-order chi connectivity index (χ1) is 10.3. The molecule has 5 heteroatoms. The van der Waals surface area contributed by atoms with Crippen LogP contribution in [0.2, 0.25) is 0 Å². The van der Waals surface area contributed by atoms with Crippen molar-refractivity contribution in [3.63, 3.8) is 0 Å². The van der Waals surface area contributed by atoms with Crippen molar-refractivity contribution in [2.45, 2.75) is 51.8 Å². The fourth-order valence-electron chi connectivity index (χ4n) is 2.53. The van der Waals surface area contributed by atoms with E-state index >= 15 is 0 Å². The summed E-state index contributed by atoms with van der Waals surface area (Å²) in [7, 11) is 0. The van der Waals surface area contributed by atoms with Crippen molar-refractivity contribution in [3.8, 4) is 0 Å². The molecule has 22 heavy (non-hydrogen) atoms. The van der Waals surface area contributed by atoms with Crippen LogP contribution in [0.3, 0.4) is 0 Å². The third-order valence-electron chi connectivity index (χ3n) is 3.61. The molecule has 1 saturated heterocycles. The Bertz CT molecular complexity index is 514. The van der Waals surface area contributed by atoms with Gasteiger partial charge in [0.1, 0.15) is 11.4 Å². The van der Waals surface area contributed by atoms with E-state index in [0.29, 0.717) is 25.2 Å². The molecule has 1 aromatic carbocycles. The number of halogens is 1. The number of benzene rings is 1. The molecule has 122 valence electrons. The number of likely N-dealkylation sites (tertiary alicyclic amines) is 1. The van der Waals surface area contributed by atoms with E-state index < -0.39 is 5.60 Å². The van der Waals surface area contributed by atoms with Gasteiger partial charge in [0.25, 0.3) is 0 Å². The van der Waals surface area contributed by atoms with Crippen LogP contribution in [-0.2, 0) is 11.3 Å². The normalized spacial score (nSPS) is 19.1. The van der Waals surface area contributed by atoms with Crippen LogP contribution in [0.25, 0.3) is 0 Å². The average molecular weight is 308 g/mol. The zero-order valence-corrected chi connectivity index (χ0v) is 13.6. The maximum Gasteiger partial charge on any atom is 0.410 e. The summed E-state index contributed by atoms with van der Waals surface area (Å²) in [4.78, 5) is 13.8. The number of nitrogens with one attached hydrogen (secondary N) is 1. The molecule has 1 aliphatic heterocycles. The summed E-state index contributed by atoms with van der Waals surface area (Å²) in [5.74, 6) is -0.199. The van der Waals surface area contributed by atoms with Crippen LogP contribution in [0.5, 0.6) is 0 Å². The second-order valence-electron chi connectivity index (χ2n) is 6.74. The van der Waals surface area contributed by atoms with Gasteiger partial charge in [-0.2, -0.15) is 0 Å². The van der Waals surface area contributed by atoms with Crippen LogP contribution in [0.1, 0.15) is 39.2 Å². The van der Waals surface area contributed by atoms with Gasteiger partial charge in [-0.1, -0.05) is 18.2 Å². The van der Waals surface area contributed by atoms with E-state index in [-0.39, 0.29) is 18.0 Å². The maximum absolute atomic E-state index is 13.6. The standard InChI is InChI=1S/C17H25FN2O2/c1-17(2,3)22-16(21)20-10-6-8-14(12-20)19-11-13-7-4-5-9-15(13)18/h4-5,7,9,14,19H,6,8,10-12H2,1-3H3/t14-/m0/s1. The van der Waals surface area contributed by atoms with E-state index in [0.717, 1.165) is 12.8 Å². The Hall–Kier alpha value is -1.62. The minimum atomic E-state index is -0.482. The number of carbonyl (C=O) groups is 1. The third kappa shape index (κ3) is 4.98. The molecule has 1 aliphatic rings. The summed E-state index contributed by atoms with van der Waals surface area (Å²) >= 11 is 0. The molecule has 1 aromatic rings. The Morgan fingerprint density at radius 3 is 2.82 bits per heavy atom. The molecule has 1 N–H and O–H groups in total. The van der Waals surface area contributed by atoms with E-state index in [4.69, 9.17) is 4.74 Å². The fraction of sp³-hybridized carbons (Fsp3) is 0.588. The summed E-state index contributed by atoms with van der Waals surface area (Å²) in [6.45, 7) is 7.38. The number of amides is 1. The summed E-state index contributed by atoms with van der Waals surface area (Å²) in [5.41, 5.74) is 0.168. The zero-order valence-electron chi connectivity index (χ0n) is 13.6. The SMILES string of the molecule is CC(C)(C)OC(=O)N1CCC[C@H](NCc2ccccc2F)C1. The highest BCUT2D eigenvalue weighted by atomic mass is 19.1. The number of nitrogens with zero attached hydrogens (tertiary/aromatic N) is 1. The molecule has 2 rings (SSSR count). The van der Waals surface area contributed by atoms with Crippen molar-refractivity contribution in [3.05, 3.63) is 35.6 Å². The molecule has 1 fully saturated rings. The Labute approximate surface area is 131 Å². The van der Waals surface area contributed by atoms with Gasteiger partial charge in [0.05, 0.1) is 0 Å². The minimum absolute atomic E-state index is 0.167. The molecular weight excluding hydrogens is 283 g/mol. The summed E-state index contributed by atoms with van der Waals surface area (Å²) in [6, 6.07) is 6.92. The lowest BCUT2D eigenvalue weighted by Gasteiger charge is -2.34. The Morgan fingerprint density at radius 2 is 2.14 bits per heavy atom. The van der Waals surface area contributed by atoms with Crippen LogP contribution in [0.15, 0.2) is 24.3 Å². The highest BCUT2D eigenvalue weighted by Crippen LogP contribution is 2.16. The molecule has 1 heterocycles. The molecule has 4 nitrogen and oxygen atoms in total. The molecule has 0 bridgehead atoms. The quantitative estimate of drug-likeness (QED) is 0.931. The number of rotatable bonds is 3. The van der Waals surface area contributed by atoms with Gasteiger partial charge in [-0.15, -0.1) is 0 Å². The van der Waals surface area contributed by atoms with Crippen molar-refractivity contribution in [1.29, 1.82) is 0 Å². The molecule has 0 unspecified atom stereocenters. The van der Waals surface area contributed by atoms with Crippen molar-refractivity contribution >= 4 is 6.09 Å². The van der Waals surface area contributed by atoms with Gasteiger partial charge >= 0.3 is 6.09 Å². The zero-order chi connectivity index (χ0) is 16.2. The summed E-state index contributed by atoms with van der Waals surface area (Å²) in [6.07, 6.45) is 1.63. The van der Waals surface area contributed by atoms with Gasteiger partial charge in [-0.3, -0.25) is 0 Å². The number of hydrogen-bond acceptors (Lipinski definition) is 3. The van der Waals surface area contributed by atoms with E-state index in [1.54, 1.807) is 17.0 Å². The van der Waals surface area contributed by atoms with Crippen LogP contribution in [0.4, 0.5) is 9.18 Å². The number of hydrogen-bond donors (Lipinski definition) is 1. The first-order valence-corrected chi connectivity index (χ1v) is 7.80. The van der Waals surface area contributed by atoms with Gasteiger partial charge in [-0.05, 0) is 39.7 Å². The predicted octanol–water partition coefficient (Wildman–Crippen LogP) is 3.31. The first kappa shape index (κ1) is 16.7. The number of piperidine rings is 1. The fourth-order valence-corrected chi connectivity index (χ4v) is 2.53. The maximum atomic E-state index is 13.6. The van der Waals surface area contributed by atoms with Crippen LogP contribution in [0, 0.1) is 5.82 Å².